The average Bonchev–Trinajstić information content (AvgIpc) is 3.21. The minimum absolute atomic E-state index is 0.129. The molecular weight excluding hydrogens is 318 g/mol. The van der Waals surface area contributed by atoms with Gasteiger partial charge in [-0.3, -0.25) is 9.48 Å². The third kappa shape index (κ3) is 3.08. The molecule has 6 heteroatoms. The van der Waals surface area contributed by atoms with Crippen molar-refractivity contribution in [3.8, 4) is 11.5 Å². The first-order valence-corrected chi connectivity index (χ1v) is 8.83. The molecule has 2 aliphatic rings. The van der Waals surface area contributed by atoms with Crippen molar-refractivity contribution in [3.63, 3.8) is 0 Å². The Morgan fingerprint density at radius 3 is 3.08 bits per heavy atom. The quantitative estimate of drug-likeness (QED) is 0.860. The number of aromatic nitrogens is 2. The van der Waals surface area contributed by atoms with Gasteiger partial charge in [-0.15, -0.1) is 0 Å². The Hall–Kier alpha value is -2.50. The lowest BCUT2D eigenvalue weighted by molar-refractivity contribution is -0.138. The van der Waals surface area contributed by atoms with Crippen molar-refractivity contribution in [1.29, 1.82) is 0 Å². The molecule has 4 rings (SSSR count). The third-order valence-electron chi connectivity index (χ3n) is 5.13. The zero-order valence-electron chi connectivity index (χ0n) is 14.4. The highest BCUT2D eigenvalue weighted by Gasteiger charge is 2.33. The lowest BCUT2D eigenvalue weighted by atomic mass is 9.94. The Kier molecular flexibility index (Phi) is 4.34. The summed E-state index contributed by atoms with van der Waals surface area (Å²) < 4.78 is 13.2. The standard InChI is InChI=1S/C19H23N3O3/c1-24-17-7-2-5-14-11-15(13-25-18(14)17)19(23)21-9-3-6-16(12-21)22-10-4-8-20-22/h2,4-5,7-8,10,15-16H,3,6,9,11-13H2,1H3/t15-,16-/m1/s1. The van der Waals surface area contributed by atoms with Crippen LogP contribution in [0.15, 0.2) is 36.7 Å². The molecule has 0 aliphatic carbocycles. The van der Waals surface area contributed by atoms with Crippen LogP contribution in [0.25, 0.3) is 0 Å². The summed E-state index contributed by atoms with van der Waals surface area (Å²) in [5.41, 5.74) is 1.05. The lowest BCUT2D eigenvalue weighted by Gasteiger charge is -2.36. The lowest BCUT2D eigenvalue weighted by Crippen LogP contribution is -2.46. The number of methoxy groups -OCH3 is 1. The summed E-state index contributed by atoms with van der Waals surface area (Å²) in [7, 11) is 1.64. The second-order valence-corrected chi connectivity index (χ2v) is 6.73. The number of carbonyl (C=O) groups is 1. The largest absolute Gasteiger partial charge is 0.493 e. The van der Waals surface area contributed by atoms with Crippen molar-refractivity contribution in [2.75, 3.05) is 26.8 Å². The van der Waals surface area contributed by atoms with Crippen LogP contribution in [0.3, 0.4) is 0 Å². The van der Waals surface area contributed by atoms with Gasteiger partial charge in [-0.1, -0.05) is 12.1 Å². The van der Waals surface area contributed by atoms with E-state index in [9.17, 15) is 4.79 Å². The monoisotopic (exact) mass is 341 g/mol. The van der Waals surface area contributed by atoms with Crippen LogP contribution in [-0.4, -0.2) is 47.4 Å². The first-order chi connectivity index (χ1) is 12.3. The maximum Gasteiger partial charge on any atom is 0.229 e. The number of rotatable bonds is 3. The van der Waals surface area contributed by atoms with E-state index in [1.54, 1.807) is 13.3 Å². The minimum atomic E-state index is -0.129. The van der Waals surface area contributed by atoms with Gasteiger partial charge in [0.05, 0.1) is 19.1 Å². The van der Waals surface area contributed by atoms with Crippen molar-refractivity contribution in [2.24, 2.45) is 5.92 Å². The van der Waals surface area contributed by atoms with Crippen LogP contribution in [0.1, 0.15) is 24.4 Å². The van der Waals surface area contributed by atoms with E-state index in [1.165, 1.54) is 0 Å². The third-order valence-corrected chi connectivity index (χ3v) is 5.13. The molecule has 1 aromatic carbocycles. The van der Waals surface area contributed by atoms with Gasteiger partial charge >= 0.3 is 0 Å². The van der Waals surface area contributed by atoms with Crippen molar-refractivity contribution in [1.82, 2.24) is 14.7 Å². The number of nitrogens with zero attached hydrogens (tertiary/aromatic N) is 3. The number of hydrogen-bond acceptors (Lipinski definition) is 4. The van der Waals surface area contributed by atoms with Gasteiger partial charge in [0.25, 0.3) is 0 Å². The van der Waals surface area contributed by atoms with Crippen LogP contribution in [0.5, 0.6) is 11.5 Å². The van der Waals surface area contributed by atoms with E-state index in [4.69, 9.17) is 9.47 Å². The first-order valence-electron chi connectivity index (χ1n) is 8.83. The number of carbonyl (C=O) groups excluding carboxylic acids is 1. The molecule has 1 saturated heterocycles. The summed E-state index contributed by atoms with van der Waals surface area (Å²) in [4.78, 5) is 15.0. The molecule has 132 valence electrons. The van der Waals surface area contributed by atoms with Gasteiger partial charge in [0.15, 0.2) is 11.5 Å². The highest BCUT2D eigenvalue weighted by Crippen LogP contribution is 2.36. The Morgan fingerprint density at radius 1 is 1.36 bits per heavy atom. The van der Waals surface area contributed by atoms with E-state index in [1.807, 2.05) is 40.0 Å². The van der Waals surface area contributed by atoms with E-state index in [0.717, 1.165) is 43.0 Å². The predicted molar refractivity (Wildman–Crippen MR) is 92.8 cm³/mol. The van der Waals surface area contributed by atoms with E-state index in [2.05, 4.69) is 5.10 Å². The molecule has 1 amide bonds. The predicted octanol–water partition coefficient (Wildman–Crippen LogP) is 2.31. The molecule has 2 aliphatic heterocycles. The number of benzene rings is 1. The molecule has 2 aromatic rings. The summed E-state index contributed by atoms with van der Waals surface area (Å²) in [6.07, 6.45) is 6.54. The zero-order valence-corrected chi connectivity index (χ0v) is 14.4. The second kappa shape index (κ2) is 6.78. The number of fused-ring (bicyclic) bond motifs is 1. The number of ether oxygens (including phenoxy) is 2. The number of para-hydroxylation sites is 1. The number of amides is 1. The molecule has 3 heterocycles. The van der Waals surface area contributed by atoms with E-state index < -0.39 is 0 Å². The van der Waals surface area contributed by atoms with Crippen LogP contribution < -0.4 is 9.47 Å². The Morgan fingerprint density at radius 2 is 2.28 bits per heavy atom. The Bertz CT molecular complexity index is 744. The topological polar surface area (TPSA) is 56.6 Å². The maximum atomic E-state index is 13.0. The van der Waals surface area contributed by atoms with Crippen molar-refractivity contribution in [3.05, 3.63) is 42.2 Å². The molecule has 2 atom stereocenters. The summed E-state index contributed by atoms with van der Waals surface area (Å²) >= 11 is 0. The van der Waals surface area contributed by atoms with Crippen LogP contribution in [0, 0.1) is 5.92 Å². The SMILES string of the molecule is COc1cccc2c1OC[C@H](C(=O)N1CCC[C@@H](n3cccn3)C1)C2. The van der Waals surface area contributed by atoms with Crippen LogP contribution >= 0.6 is 0 Å². The molecule has 0 bridgehead atoms. The first kappa shape index (κ1) is 16.0. The van der Waals surface area contributed by atoms with Crippen LogP contribution in [0.4, 0.5) is 0 Å². The fourth-order valence-electron chi connectivity index (χ4n) is 3.84. The fraction of sp³-hybridized carbons (Fsp3) is 0.474. The molecule has 0 saturated carbocycles. The Balaban J connectivity index is 1.46. The molecule has 0 N–H and O–H groups in total. The normalized spacial score (nSPS) is 22.8. The highest BCUT2D eigenvalue weighted by molar-refractivity contribution is 5.80. The molecule has 0 unspecified atom stereocenters. The van der Waals surface area contributed by atoms with Crippen molar-refractivity contribution < 1.29 is 14.3 Å². The van der Waals surface area contributed by atoms with Gasteiger partial charge in [0, 0.05) is 25.5 Å². The van der Waals surface area contributed by atoms with Crippen molar-refractivity contribution >= 4 is 5.91 Å². The molecule has 6 nitrogen and oxygen atoms in total. The van der Waals surface area contributed by atoms with Gasteiger partial charge in [0.2, 0.25) is 5.91 Å². The second-order valence-electron chi connectivity index (χ2n) is 6.73. The highest BCUT2D eigenvalue weighted by atomic mass is 16.5. The van der Waals surface area contributed by atoms with Gasteiger partial charge in [-0.2, -0.15) is 5.10 Å². The van der Waals surface area contributed by atoms with Gasteiger partial charge in [-0.05, 0) is 37.0 Å². The smallest absolute Gasteiger partial charge is 0.229 e. The summed E-state index contributed by atoms with van der Waals surface area (Å²) in [6, 6.07) is 8.05. The molecule has 0 radical (unpaired) electrons. The van der Waals surface area contributed by atoms with Gasteiger partial charge in [-0.25, -0.2) is 0 Å². The van der Waals surface area contributed by atoms with E-state index in [-0.39, 0.29) is 17.9 Å². The van der Waals surface area contributed by atoms with Crippen molar-refractivity contribution in [2.45, 2.75) is 25.3 Å². The van der Waals surface area contributed by atoms with Crippen LogP contribution in [-0.2, 0) is 11.2 Å². The Labute approximate surface area is 147 Å². The molecule has 1 aromatic heterocycles. The van der Waals surface area contributed by atoms with E-state index in [0.29, 0.717) is 13.0 Å². The zero-order chi connectivity index (χ0) is 17.2. The van der Waals surface area contributed by atoms with Crippen LogP contribution in [0.2, 0.25) is 0 Å². The summed E-state index contributed by atoms with van der Waals surface area (Å²) in [5, 5.41) is 4.34. The maximum absolute atomic E-state index is 13.0. The summed E-state index contributed by atoms with van der Waals surface area (Å²) in [6.45, 7) is 1.95. The fourth-order valence-corrected chi connectivity index (χ4v) is 3.84. The molecule has 25 heavy (non-hydrogen) atoms. The minimum Gasteiger partial charge on any atom is -0.493 e. The average molecular weight is 341 g/mol. The van der Waals surface area contributed by atoms with E-state index >= 15 is 0 Å². The summed E-state index contributed by atoms with van der Waals surface area (Å²) in [5.74, 6) is 1.57. The molecular formula is C19H23N3O3. The van der Waals surface area contributed by atoms with Gasteiger partial charge < -0.3 is 14.4 Å². The molecule has 1 fully saturated rings. The number of hydrogen-bond donors (Lipinski definition) is 0. The number of piperidine rings is 1. The van der Waals surface area contributed by atoms with Gasteiger partial charge in [0.1, 0.15) is 6.61 Å². The molecule has 0 spiro atoms. The number of likely N-dealkylation sites (tertiary alicyclic amines) is 1.